The van der Waals surface area contributed by atoms with Gasteiger partial charge in [0.1, 0.15) is 0 Å². The molecule has 1 aliphatic rings. The number of hydrogen-bond donors (Lipinski definition) is 0. The zero-order valence-electron chi connectivity index (χ0n) is 16.4. The Hall–Kier alpha value is -2.84. The maximum absolute atomic E-state index is 13.6. The number of alkyl halides is 2. The molecule has 1 aliphatic heterocycles. The SMILES string of the molecule is Cc1noc2nc(C3CCN(C(=O)C[C@H](C)n4cccn4)CC3)cc(C(F)F)c12. The Balaban J connectivity index is 1.44. The van der Waals surface area contributed by atoms with E-state index < -0.39 is 6.43 Å². The van der Waals surface area contributed by atoms with Crippen LogP contribution in [0.4, 0.5) is 8.78 Å². The lowest BCUT2D eigenvalue weighted by molar-refractivity contribution is -0.133. The van der Waals surface area contributed by atoms with Crippen molar-refractivity contribution in [2.75, 3.05) is 13.1 Å². The van der Waals surface area contributed by atoms with Gasteiger partial charge in [0.25, 0.3) is 12.1 Å². The van der Waals surface area contributed by atoms with Crippen LogP contribution in [0.2, 0.25) is 0 Å². The summed E-state index contributed by atoms with van der Waals surface area (Å²) in [6.07, 6.45) is 2.65. The molecule has 9 heteroatoms. The highest BCUT2D eigenvalue weighted by molar-refractivity contribution is 5.80. The lowest BCUT2D eigenvalue weighted by atomic mass is 9.91. The number of halogens is 2. The van der Waals surface area contributed by atoms with Gasteiger partial charge < -0.3 is 9.42 Å². The summed E-state index contributed by atoms with van der Waals surface area (Å²) < 4.78 is 34.0. The highest BCUT2D eigenvalue weighted by Gasteiger charge is 2.28. The number of amides is 1. The lowest BCUT2D eigenvalue weighted by Crippen LogP contribution is -2.38. The van der Waals surface area contributed by atoms with Gasteiger partial charge in [-0.1, -0.05) is 5.16 Å². The van der Waals surface area contributed by atoms with Crippen LogP contribution in [0.5, 0.6) is 0 Å². The molecule has 154 valence electrons. The average Bonchev–Trinajstić information content (AvgIpc) is 3.38. The van der Waals surface area contributed by atoms with Crippen molar-refractivity contribution in [1.82, 2.24) is 24.8 Å². The van der Waals surface area contributed by atoms with Crippen LogP contribution in [0.25, 0.3) is 11.1 Å². The third kappa shape index (κ3) is 3.86. The second-order valence-corrected chi connectivity index (χ2v) is 7.58. The Bertz CT molecular complexity index is 994. The van der Waals surface area contributed by atoms with Crippen LogP contribution in [0, 0.1) is 6.92 Å². The maximum atomic E-state index is 13.6. The van der Waals surface area contributed by atoms with Crippen LogP contribution in [-0.2, 0) is 4.79 Å². The minimum Gasteiger partial charge on any atom is -0.343 e. The number of hydrogen-bond acceptors (Lipinski definition) is 5. The van der Waals surface area contributed by atoms with Crippen LogP contribution >= 0.6 is 0 Å². The molecular weight excluding hydrogens is 380 g/mol. The van der Waals surface area contributed by atoms with Crippen molar-refractivity contribution < 1.29 is 18.1 Å². The molecule has 0 bridgehead atoms. The van der Waals surface area contributed by atoms with Gasteiger partial charge in [-0.15, -0.1) is 0 Å². The lowest BCUT2D eigenvalue weighted by Gasteiger charge is -2.32. The molecule has 3 aromatic rings. The van der Waals surface area contributed by atoms with Gasteiger partial charge in [0.05, 0.1) is 17.1 Å². The van der Waals surface area contributed by atoms with E-state index in [0.717, 1.165) is 0 Å². The van der Waals surface area contributed by atoms with Gasteiger partial charge in [-0.2, -0.15) is 5.10 Å². The second kappa shape index (κ2) is 7.88. The quantitative estimate of drug-likeness (QED) is 0.643. The fraction of sp³-hybridized carbons (Fsp3) is 0.500. The fourth-order valence-electron chi connectivity index (χ4n) is 3.97. The van der Waals surface area contributed by atoms with Crippen LogP contribution in [0.15, 0.2) is 29.0 Å². The molecule has 0 aliphatic carbocycles. The van der Waals surface area contributed by atoms with Crippen molar-refractivity contribution in [3.63, 3.8) is 0 Å². The third-order valence-corrected chi connectivity index (χ3v) is 5.61. The topological polar surface area (TPSA) is 77.0 Å². The van der Waals surface area contributed by atoms with Gasteiger partial charge in [-0.25, -0.2) is 13.8 Å². The highest BCUT2D eigenvalue weighted by atomic mass is 19.3. The molecule has 0 N–H and O–H groups in total. The number of likely N-dealkylation sites (tertiary alicyclic amines) is 1. The van der Waals surface area contributed by atoms with E-state index >= 15 is 0 Å². The van der Waals surface area contributed by atoms with E-state index in [9.17, 15) is 13.6 Å². The Kier molecular flexibility index (Phi) is 5.29. The molecular formula is C20H23F2N5O2. The van der Waals surface area contributed by atoms with Crippen molar-refractivity contribution in [3.8, 4) is 0 Å². The van der Waals surface area contributed by atoms with E-state index in [-0.39, 0.29) is 29.1 Å². The number of piperidine rings is 1. The van der Waals surface area contributed by atoms with Crippen molar-refractivity contribution in [3.05, 3.63) is 41.5 Å². The summed E-state index contributed by atoms with van der Waals surface area (Å²) in [6.45, 7) is 4.75. The van der Waals surface area contributed by atoms with Crippen molar-refractivity contribution in [1.29, 1.82) is 0 Å². The van der Waals surface area contributed by atoms with E-state index in [1.807, 2.05) is 24.1 Å². The molecule has 4 rings (SSSR count). The molecule has 0 unspecified atom stereocenters. The Labute approximate surface area is 166 Å². The number of rotatable bonds is 5. The maximum Gasteiger partial charge on any atom is 0.264 e. The first-order chi connectivity index (χ1) is 13.9. The molecule has 0 saturated carbocycles. The van der Waals surface area contributed by atoms with E-state index in [0.29, 0.717) is 49.1 Å². The van der Waals surface area contributed by atoms with Crippen molar-refractivity contribution in [2.45, 2.75) is 51.5 Å². The number of pyridine rings is 1. The first kappa shape index (κ1) is 19.5. The van der Waals surface area contributed by atoms with Gasteiger partial charge in [0.2, 0.25) is 5.91 Å². The molecule has 0 radical (unpaired) electrons. The van der Waals surface area contributed by atoms with Crippen LogP contribution in [0.1, 0.15) is 61.5 Å². The largest absolute Gasteiger partial charge is 0.343 e. The van der Waals surface area contributed by atoms with E-state index in [1.165, 1.54) is 6.07 Å². The summed E-state index contributed by atoms with van der Waals surface area (Å²) in [4.78, 5) is 18.9. The number of carbonyl (C=O) groups is 1. The molecule has 0 aromatic carbocycles. The number of carbonyl (C=O) groups excluding carboxylic acids is 1. The monoisotopic (exact) mass is 403 g/mol. The highest BCUT2D eigenvalue weighted by Crippen LogP contribution is 2.35. The molecule has 1 fully saturated rings. The number of aromatic nitrogens is 4. The van der Waals surface area contributed by atoms with Crippen molar-refractivity contribution >= 4 is 17.0 Å². The Morgan fingerprint density at radius 1 is 1.34 bits per heavy atom. The minimum absolute atomic E-state index is 0.00916. The summed E-state index contributed by atoms with van der Waals surface area (Å²) in [5.41, 5.74) is 1.07. The molecule has 4 heterocycles. The standard InChI is InChI=1S/C20H23F2N5O2/c1-12(27-7-3-6-23-27)10-17(28)26-8-4-14(5-9-26)16-11-15(19(21)22)18-13(2)25-29-20(18)24-16/h3,6-7,11-12,14,19H,4-5,8-10H2,1-2H3/t12-/m0/s1. The summed E-state index contributed by atoms with van der Waals surface area (Å²) >= 11 is 0. The second-order valence-electron chi connectivity index (χ2n) is 7.58. The van der Waals surface area contributed by atoms with Crippen LogP contribution < -0.4 is 0 Å². The summed E-state index contributed by atoms with van der Waals surface area (Å²) in [5.74, 6) is 0.0869. The summed E-state index contributed by atoms with van der Waals surface area (Å²) in [7, 11) is 0. The van der Waals surface area contributed by atoms with Gasteiger partial charge in [-0.3, -0.25) is 9.48 Å². The molecule has 1 atom stereocenters. The smallest absolute Gasteiger partial charge is 0.264 e. The van der Waals surface area contributed by atoms with Gasteiger partial charge >= 0.3 is 0 Å². The first-order valence-corrected chi connectivity index (χ1v) is 9.76. The zero-order valence-corrected chi connectivity index (χ0v) is 16.4. The van der Waals surface area contributed by atoms with E-state index in [2.05, 4.69) is 15.2 Å². The van der Waals surface area contributed by atoms with Crippen LogP contribution in [-0.4, -0.2) is 43.8 Å². The van der Waals surface area contributed by atoms with Gasteiger partial charge in [0.15, 0.2) is 0 Å². The number of fused-ring (bicyclic) bond motifs is 1. The molecule has 0 spiro atoms. The first-order valence-electron chi connectivity index (χ1n) is 9.76. The Morgan fingerprint density at radius 2 is 2.10 bits per heavy atom. The van der Waals surface area contributed by atoms with Gasteiger partial charge in [-0.05, 0) is 38.8 Å². The predicted molar refractivity (Wildman–Crippen MR) is 102 cm³/mol. The number of aryl methyl sites for hydroxylation is 1. The zero-order chi connectivity index (χ0) is 20.5. The van der Waals surface area contributed by atoms with E-state index in [1.54, 1.807) is 17.8 Å². The summed E-state index contributed by atoms with van der Waals surface area (Å²) in [5, 5.41) is 8.25. The molecule has 1 amide bonds. The van der Waals surface area contributed by atoms with E-state index in [4.69, 9.17) is 4.52 Å². The van der Waals surface area contributed by atoms with Gasteiger partial charge in [0, 0.05) is 49.1 Å². The number of nitrogens with zero attached hydrogens (tertiary/aromatic N) is 5. The van der Waals surface area contributed by atoms with Crippen LogP contribution in [0.3, 0.4) is 0 Å². The third-order valence-electron chi connectivity index (χ3n) is 5.61. The molecule has 7 nitrogen and oxygen atoms in total. The molecule has 3 aromatic heterocycles. The summed E-state index contributed by atoms with van der Waals surface area (Å²) in [6, 6.07) is 3.29. The fourth-order valence-corrected chi connectivity index (χ4v) is 3.97. The molecule has 1 saturated heterocycles. The average molecular weight is 403 g/mol. The Morgan fingerprint density at radius 3 is 2.76 bits per heavy atom. The van der Waals surface area contributed by atoms with Crippen molar-refractivity contribution in [2.24, 2.45) is 0 Å². The predicted octanol–water partition coefficient (Wildman–Crippen LogP) is 4.02. The minimum atomic E-state index is -2.62. The normalized spacial score (nSPS) is 16.7. The molecule has 29 heavy (non-hydrogen) atoms.